The third-order valence-electron chi connectivity index (χ3n) is 2.55. The SMILES string of the molecule is C=C(CNCCS(=O)(=O)CC)c1ccccc1. The monoisotopic (exact) mass is 253 g/mol. The summed E-state index contributed by atoms with van der Waals surface area (Å²) < 4.78 is 22.5. The Bertz CT molecular complexity index is 452. The Morgan fingerprint density at radius 3 is 2.53 bits per heavy atom. The molecule has 1 rings (SSSR count). The summed E-state index contributed by atoms with van der Waals surface area (Å²) in [4.78, 5) is 0. The van der Waals surface area contributed by atoms with Crippen LogP contribution in [0.25, 0.3) is 5.57 Å². The minimum Gasteiger partial charge on any atom is -0.312 e. The number of sulfone groups is 1. The number of hydrogen-bond acceptors (Lipinski definition) is 3. The van der Waals surface area contributed by atoms with Crippen molar-refractivity contribution in [1.29, 1.82) is 0 Å². The zero-order valence-electron chi connectivity index (χ0n) is 10.1. The molecule has 1 N–H and O–H groups in total. The molecule has 0 aliphatic carbocycles. The normalized spacial score (nSPS) is 11.4. The van der Waals surface area contributed by atoms with Gasteiger partial charge in [0.15, 0.2) is 9.84 Å². The van der Waals surface area contributed by atoms with Crippen molar-refractivity contribution in [3.8, 4) is 0 Å². The van der Waals surface area contributed by atoms with E-state index in [0.29, 0.717) is 13.1 Å². The number of rotatable bonds is 7. The maximum Gasteiger partial charge on any atom is 0.151 e. The van der Waals surface area contributed by atoms with Gasteiger partial charge in [0.05, 0.1) is 5.75 Å². The molecule has 0 amide bonds. The zero-order valence-corrected chi connectivity index (χ0v) is 11.0. The van der Waals surface area contributed by atoms with E-state index in [1.807, 2.05) is 30.3 Å². The minimum absolute atomic E-state index is 0.186. The smallest absolute Gasteiger partial charge is 0.151 e. The van der Waals surface area contributed by atoms with E-state index in [4.69, 9.17) is 0 Å². The van der Waals surface area contributed by atoms with Crippen LogP contribution >= 0.6 is 0 Å². The Kier molecular flexibility index (Phi) is 5.38. The summed E-state index contributed by atoms with van der Waals surface area (Å²) in [5.41, 5.74) is 2.05. The van der Waals surface area contributed by atoms with Gasteiger partial charge in [0.2, 0.25) is 0 Å². The van der Waals surface area contributed by atoms with E-state index in [-0.39, 0.29) is 11.5 Å². The molecule has 0 spiro atoms. The van der Waals surface area contributed by atoms with Gasteiger partial charge in [-0.15, -0.1) is 0 Å². The molecule has 0 bridgehead atoms. The van der Waals surface area contributed by atoms with Gasteiger partial charge >= 0.3 is 0 Å². The Morgan fingerprint density at radius 2 is 1.94 bits per heavy atom. The van der Waals surface area contributed by atoms with Gasteiger partial charge in [0.25, 0.3) is 0 Å². The lowest BCUT2D eigenvalue weighted by Gasteiger charge is -2.07. The van der Waals surface area contributed by atoms with Gasteiger partial charge in [-0.1, -0.05) is 43.8 Å². The van der Waals surface area contributed by atoms with E-state index in [0.717, 1.165) is 11.1 Å². The predicted octanol–water partition coefficient (Wildman–Crippen LogP) is 1.72. The average Bonchev–Trinajstić information content (AvgIpc) is 2.35. The molecule has 0 heterocycles. The molecule has 1 aromatic carbocycles. The van der Waals surface area contributed by atoms with Crippen LogP contribution in [0, 0.1) is 0 Å². The first kappa shape index (κ1) is 13.9. The molecule has 0 saturated carbocycles. The quantitative estimate of drug-likeness (QED) is 0.753. The second-order valence-corrected chi connectivity index (χ2v) is 6.36. The van der Waals surface area contributed by atoms with Gasteiger partial charge in [0, 0.05) is 18.8 Å². The summed E-state index contributed by atoms with van der Waals surface area (Å²) in [6.07, 6.45) is 0. The molecule has 0 fully saturated rings. The van der Waals surface area contributed by atoms with Crippen molar-refractivity contribution in [2.75, 3.05) is 24.6 Å². The van der Waals surface area contributed by atoms with Gasteiger partial charge in [0.1, 0.15) is 0 Å². The van der Waals surface area contributed by atoms with Crippen molar-refractivity contribution in [3.63, 3.8) is 0 Å². The third-order valence-corrected chi connectivity index (χ3v) is 4.26. The Morgan fingerprint density at radius 1 is 1.29 bits per heavy atom. The van der Waals surface area contributed by atoms with E-state index < -0.39 is 9.84 Å². The molecule has 3 nitrogen and oxygen atoms in total. The van der Waals surface area contributed by atoms with Crippen LogP contribution in [-0.2, 0) is 9.84 Å². The highest BCUT2D eigenvalue weighted by molar-refractivity contribution is 7.91. The van der Waals surface area contributed by atoms with Crippen molar-refractivity contribution in [2.24, 2.45) is 0 Å². The Labute approximate surface area is 103 Å². The van der Waals surface area contributed by atoms with Crippen molar-refractivity contribution >= 4 is 15.4 Å². The van der Waals surface area contributed by atoms with E-state index >= 15 is 0 Å². The Balaban J connectivity index is 2.31. The first-order chi connectivity index (χ1) is 8.05. The molecule has 0 aliphatic heterocycles. The van der Waals surface area contributed by atoms with Crippen molar-refractivity contribution in [1.82, 2.24) is 5.32 Å². The van der Waals surface area contributed by atoms with Gasteiger partial charge in [-0.25, -0.2) is 8.42 Å². The topological polar surface area (TPSA) is 46.2 Å². The minimum atomic E-state index is -2.87. The van der Waals surface area contributed by atoms with E-state index in [1.54, 1.807) is 6.92 Å². The van der Waals surface area contributed by atoms with E-state index in [1.165, 1.54) is 0 Å². The maximum absolute atomic E-state index is 11.3. The van der Waals surface area contributed by atoms with Crippen LogP contribution in [0.15, 0.2) is 36.9 Å². The lowest BCUT2D eigenvalue weighted by molar-refractivity contribution is 0.594. The highest BCUT2D eigenvalue weighted by atomic mass is 32.2. The van der Waals surface area contributed by atoms with Crippen LogP contribution in [0.2, 0.25) is 0 Å². The third kappa shape index (κ3) is 5.15. The molecular formula is C13H19NO2S. The van der Waals surface area contributed by atoms with Crippen LogP contribution in [0.5, 0.6) is 0 Å². The van der Waals surface area contributed by atoms with Crippen molar-refractivity contribution in [3.05, 3.63) is 42.5 Å². The number of hydrogen-bond donors (Lipinski definition) is 1. The largest absolute Gasteiger partial charge is 0.312 e. The highest BCUT2D eigenvalue weighted by Crippen LogP contribution is 2.09. The molecular weight excluding hydrogens is 234 g/mol. The fourth-order valence-electron chi connectivity index (χ4n) is 1.39. The molecule has 0 radical (unpaired) electrons. The molecule has 17 heavy (non-hydrogen) atoms. The average molecular weight is 253 g/mol. The molecule has 0 aromatic heterocycles. The highest BCUT2D eigenvalue weighted by Gasteiger charge is 2.06. The van der Waals surface area contributed by atoms with Gasteiger partial charge in [-0.3, -0.25) is 0 Å². The standard InChI is InChI=1S/C13H19NO2S/c1-3-17(15,16)10-9-14-11-12(2)13-7-5-4-6-8-13/h4-8,14H,2-3,9-11H2,1H3. The van der Waals surface area contributed by atoms with Crippen LogP contribution in [-0.4, -0.2) is 33.0 Å². The molecule has 0 unspecified atom stereocenters. The summed E-state index contributed by atoms with van der Waals surface area (Å²) in [5, 5.41) is 3.10. The molecule has 0 aliphatic rings. The van der Waals surface area contributed by atoms with Crippen LogP contribution in [0.3, 0.4) is 0 Å². The second-order valence-electron chi connectivity index (χ2n) is 3.88. The van der Waals surface area contributed by atoms with Crippen molar-refractivity contribution < 1.29 is 8.42 Å². The van der Waals surface area contributed by atoms with Crippen LogP contribution in [0.1, 0.15) is 12.5 Å². The predicted molar refractivity (Wildman–Crippen MR) is 72.7 cm³/mol. The summed E-state index contributed by atoms with van der Waals surface area (Å²) in [6.45, 7) is 6.72. The second kappa shape index (κ2) is 6.57. The summed E-state index contributed by atoms with van der Waals surface area (Å²) >= 11 is 0. The van der Waals surface area contributed by atoms with Gasteiger partial charge < -0.3 is 5.32 Å². The maximum atomic E-state index is 11.3. The Hall–Kier alpha value is -1.13. The summed E-state index contributed by atoms with van der Waals surface area (Å²) in [6, 6.07) is 9.86. The fourth-order valence-corrected chi connectivity index (χ4v) is 2.13. The molecule has 94 valence electrons. The molecule has 4 heteroatoms. The van der Waals surface area contributed by atoms with Crippen LogP contribution in [0.4, 0.5) is 0 Å². The summed E-state index contributed by atoms with van der Waals surface area (Å²) in [5.74, 6) is 0.389. The van der Waals surface area contributed by atoms with Crippen molar-refractivity contribution in [2.45, 2.75) is 6.92 Å². The first-order valence-corrected chi connectivity index (χ1v) is 7.51. The zero-order chi connectivity index (χ0) is 12.7. The van der Waals surface area contributed by atoms with E-state index in [9.17, 15) is 8.42 Å². The first-order valence-electron chi connectivity index (χ1n) is 5.69. The number of benzene rings is 1. The molecule has 1 aromatic rings. The lowest BCUT2D eigenvalue weighted by atomic mass is 10.1. The lowest BCUT2D eigenvalue weighted by Crippen LogP contribution is -2.25. The number of nitrogens with one attached hydrogen (secondary N) is 1. The van der Waals surface area contributed by atoms with E-state index in [2.05, 4.69) is 11.9 Å². The molecule has 0 atom stereocenters. The van der Waals surface area contributed by atoms with Crippen LogP contribution < -0.4 is 5.32 Å². The van der Waals surface area contributed by atoms with Gasteiger partial charge in [-0.2, -0.15) is 0 Å². The summed E-state index contributed by atoms with van der Waals surface area (Å²) in [7, 11) is -2.87. The fraction of sp³-hybridized carbons (Fsp3) is 0.385. The van der Waals surface area contributed by atoms with Gasteiger partial charge in [-0.05, 0) is 11.1 Å². The molecule has 0 saturated heterocycles.